The Morgan fingerprint density at radius 2 is 1.73 bits per heavy atom. The fraction of sp³-hybridized carbons (Fsp3) is 0.350. The summed E-state index contributed by atoms with van der Waals surface area (Å²) in [7, 11) is 0. The van der Waals surface area contributed by atoms with Gasteiger partial charge in [-0.3, -0.25) is 10.1 Å². The number of likely N-dealkylation sites (tertiary alicyclic amines) is 1. The van der Waals surface area contributed by atoms with Crippen LogP contribution in [0.25, 0.3) is 0 Å². The molecule has 1 amide bonds. The second-order valence-electron chi connectivity index (χ2n) is 6.64. The normalized spacial score (nSPS) is 16.1. The summed E-state index contributed by atoms with van der Waals surface area (Å²) in [6.45, 7) is 3.56. The van der Waals surface area contributed by atoms with Crippen LogP contribution in [0.4, 0.5) is 10.5 Å². The van der Waals surface area contributed by atoms with Gasteiger partial charge in [-0.25, -0.2) is 4.79 Å². The molecule has 1 aliphatic heterocycles. The maximum atomic E-state index is 12.3. The zero-order valence-corrected chi connectivity index (χ0v) is 14.7. The van der Waals surface area contributed by atoms with Crippen molar-refractivity contribution >= 4 is 11.8 Å². The molecule has 2 aromatic rings. The van der Waals surface area contributed by atoms with E-state index in [1.54, 1.807) is 4.90 Å². The standard InChI is InChI=1S/C20H22N2O4/c1-15(16-5-3-2-4-6-16)17-11-13-21(14-12-17)20(23)26-19-9-7-18(8-10-19)22(24)25/h2-10,15,17H,11-14H2,1H3. The topological polar surface area (TPSA) is 72.7 Å². The Labute approximate surface area is 152 Å². The van der Waals surface area contributed by atoms with Crippen molar-refractivity contribution in [2.45, 2.75) is 25.7 Å². The number of amides is 1. The molecule has 1 heterocycles. The molecular formula is C20H22N2O4. The van der Waals surface area contributed by atoms with Gasteiger partial charge in [0.25, 0.3) is 5.69 Å². The molecule has 6 nitrogen and oxygen atoms in total. The van der Waals surface area contributed by atoms with Crippen LogP contribution in [-0.4, -0.2) is 29.0 Å². The quantitative estimate of drug-likeness (QED) is 0.594. The van der Waals surface area contributed by atoms with E-state index in [1.807, 2.05) is 6.07 Å². The number of carbonyl (C=O) groups is 1. The molecule has 0 bridgehead atoms. The van der Waals surface area contributed by atoms with Crippen molar-refractivity contribution in [1.82, 2.24) is 4.90 Å². The van der Waals surface area contributed by atoms with Crippen LogP contribution in [0.15, 0.2) is 54.6 Å². The SMILES string of the molecule is CC(c1ccccc1)C1CCN(C(=O)Oc2ccc([N+](=O)[O-])cc2)CC1. The second kappa shape index (κ2) is 7.99. The molecule has 0 radical (unpaired) electrons. The van der Waals surface area contributed by atoms with E-state index in [2.05, 4.69) is 31.2 Å². The van der Waals surface area contributed by atoms with E-state index >= 15 is 0 Å². The molecule has 0 N–H and O–H groups in total. The maximum absolute atomic E-state index is 12.3. The van der Waals surface area contributed by atoms with Crippen molar-refractivity contribution in [3.8, 4) is 5.75 Å². The van der Waals surface area contributed by atoms with Crippen molar-refractivity contribution in [2.75, 3.05) is 13.1 Å². The van der Waals surface area contributed by atoms with Crippen LogP contribution in [0, 0.1) is 16.0 Å². The molecule has 1 saturated heterocycles. The molecule has 0 saturated carbocycles. The lowest BCUT2D eigenvalue weighted by molar-refractivity contribution is -0.384. The van der Waals surface area contributed by atoms with Gasteiger partial charge < -0.3 is 9.64 Å². The number of hydrogen-bond acceptors (Lipinski definition) is 4. The fourth-order valence-corrected chi connectivity index (χ4v) is 3.41. The summed E-state index contributed by atoms with van der Waals surface area (Å²) in [5, 5.41) is 10.7. The first kappa shape index (κ1) is 17.9. The van der Waals surface area contributed by atoms with Gasteiger partial charge in [-0.2, -0.15) is 0 Å². The highest BCUT2D eigenvalue weighted by molar-refractivity contribution is 5.70. The summed E-state index contributed by atoms with van der Waals surface area (Å²) < 4.78 is 5.33. The molecule has 6 heteroatoms. The number of benzene rings is 2. The van der Waals surface area contributed by atoms with Crippen molar-refractivity contribution in [3.63, 3.8) is 0 Å². The van der Waals surface area contributed by atoms with Crippen molar-refractivity contribution in [1.29, 1.82) is 0 Å². The number of nitrogens with zero attached hydrogens (tertiary/aromatic N) is 2. The molecule has 26 heavy (non-hydrogen) atoms. The number of ether oxygens (including phenoxy) is 1. The lowest BCUT2D eigenvalue weighted by Gasteiger charge is -2.34. The predicted octanol–water partition coefficient (Wildman–Crippen LogP) is 4.61. The number of piperidine rings is 1. The van der Waals surface area contributed by atoms with Crippen molar-refractivity contribution in [2.24, 2.45) is 5.92 Å². The third kappa shape index (κ3) is 4.20. The number of hydrogen-bond donors (Lipinski definition) is 0. The van der Waals surface area contributed by atoms with Crippen LogP contribution in [0.1, 0.15) is 31.2 Å². The average Bonchev–Trinajstić information content (AvgIpc) is 2.68. The monoisotopic (exact) mass is 354 g/mol. The third-order valence-corrected chi connectivity index (χ3v) is 5.08. The smallest absolute Gasteiger partial charge is 0.410 e. The van der Waals surface area contributed by atoms with E-state index < -0.39 is 11.0 Å². The Morgan fingerprint density at radius 1 is 1.12 bits per heavy atom. The maximum Gasteiger partial charge on any atom is 0.415 e. The second-order valence-corrected chi connectivity index (χ2v) is 6.64. The van der Waals surface area contributed by atoms with E-state index in [4.69, 9.17) is 4.74 Å². The van der Waals surface area contributed by atoms with Crippen LogP contribution >= 0.6 is 0 Å². The lowest BCUT2D eigenvalue weighted by Crippen LogP contribution is -2.41. The van der Waals surface area contributed by atoms with Gasteiger partial charge >= 0.3 is 6.09 Å². The van der Waals surface area contributed by atoms with E-state index in [1.165, 1.54) is 29.8 Å². The average molecular weight is 354 g/mol. The van der Waals surface area contributed by atoms with Crippen LogP contribution in [0.2, 0.25) is 0 Å². The minimum atomic E-state index is -0.482. The number of nitro benzene ring substituents is 1. The van der Waals surface area contributed by atoms with Crippen LogP contribution in [0.3, 0.4) is 0 Å². The zero-order valence-electron chi connectivity index (χ0n) is 14.7. The first-order valence-corrected chi connectivity index (χ1v) is 8.81. The van der Waals surface area contributed by atoms with Gasteiger partial charge in [-0.15, -0.1) is 0 Å². The van der Waals surface area contributed by atoms with Gasteiger partial charge in [0, 0.05) is 25.2 Å². The minimum Gasteiger partial charge on any atom is -0.410 e. The third-order valence-electron chi connectivity index (χ3n) is 5.08. The molecule has 0 spiro atoms. The lowest BCUT2D eigenvalue weighted by atomic mass is 9.81. The number of carbonyl (C=O) groups excluding carboxylic acids is 1. The summed E-state index contributed by atoms with van der Waals surface area (Å²) in [4.78, 5) is 24.2. The Kier molecular flexibility index (Phi) is 5.51. The van der Waals surface area contributed by atoms with E-state index in [0.29, 0.717) is 30.7 Å². The molecule has 1 fully saturated rings. The molecule has 136 valence electrons. The van der Waals surface area contributed by atoms with Gasteiger partial charge in [0.1, 0.15) is 5.75 Å². The van der Waals surface area contributed by atoms with Gasteiger partial charge in [-0.1, -0.05) is 37.3 Å². The number of rotatable bonds is 4. The fourth-order valence-electron chi connectivity index (χ4n) is 3.41. The van der Waals surface area contributed by atoms with Crippen LogP contribution in [-0.2, 0) is 0 Å². The van der Waals surface area contributed by atoms with Gasteiger partial charge in [0.15, 0.2) is 0 Å². The molecular weight excluding hydrogens is 332 g/mol. The number of nitro groups is 1. The summed E-state index contributed by atoms with van der Waals surface area (Å²) in [5.41, 5.74) is 1.31. The summed E-state index contributed by atoms with van der Waals surface area (Å²) >= 11 is 0. The molecule has 1 atom stereocenters. The minimum absolute atomic E-state index is 0.0273. The van der Waals surface area contributed by atoms with Gasteiger partial charge in [0.05, 0.1) is 4.92 Å². The highest BCUT2D eigenvalue weighted by Crippen LogP contribution is 2.32. The summed E-state index contributed by atoms with van der Waals surface area (Å²) in [6.07, 6.45) is 1.47. The molecule has 3 rings (SSSR count). The highest BCUT2D eigenvalue weighted by atomic mass is 16.6. The van der Waals surface area contributed by atoms with E-state index in [0.717, 1.165) is 12.8 Å². The molecule has 0 aromatic heterocycles. The Hall–Kier alpha value is -2.89. The summed E-state index contributed by atoms with van der Waals surface area (Å²) in [5.74, 6) is 1.32. The van der Waals surface area contributed by atoms with Gasteiger partial charge in [0.2, 0.25) is 0 Å². The zero-order chi connectivity index (χ0) is 18.5. The molecule has 2 aromatic carbocycles. The first-order chi connectivity index (χ1) is 12.5. The Bertz CT molecular complexity index is 753. The van der Waals surface area contributed by atoms with E-state index in [9.17, 15) is 14.9 Å². The molecule has 1 aliphatic rings. The van der Waals surface area contributed by atoms with Crippen LogP contribution in [0.5, 0.6) is 5.75 Å². The van der Waals surface area contributed by atoms with Crippen molar-refractivity contribution < 1.29 is 14.5 Å². The summed E-state index contributed by atoms with van der Waals surface area (Å²) in [6, 6.07) is 16.0. The Morgan fingerprint density at radius 3 is 2.31 bits per heavy atom. The largest absolute Gasteiger partial charge is 0.415 e. The first-order valence-electron chi connectivity index (χ1n) is 8.81. The Balaban J connectivity index is 1.52. The number of non-ortho nitro benzene ring substituents is 1. The van der Waals surface area contributed by atoms with Gasteiger partial charge in [-0.05, 0) is 42.4 Å². The molecule has 1 unspecified atom stereocenters. The predicted molar refractivity (Wildman–Crippen MR) is 98.3 cm³/mol. The highest BCUT2D eigenvalue weighted by Gasteiger charge is 2.28. The van der Waals surface area contributed by atoms with Crippen molar-refractivity contribution in [3.05, 3.63) is 70.3 Å². The van der Waals surface area contributed by atoms with Crippen LogP contribution < -0.4 is 4.74 Å². The van der Waals surface area contributed by atoms with E-state index in [-0.39, 0.29) is 5.69 Å². The molecule has 0 aliphatic carbocycles.